The molecule has 0 N–H and O–H groups in total. The molecule has 0 amide bonds. The third-order valence-corrected chi connectivity index (χ3v) is 1.78. The highest BCUT2D eigenvalue weighted by atomic mass is 35.5. The number of halogens is 1. The molecule has 1 rings (SSSR count). The summed E-state index contributed by atoms with van der Waals surface area (Å²) in [4.78, 5) is 11.0. The molecule has 0 fully saturated rings. The minimum atomic E-state index is -0.218. The van der Waals surface area contributed by atoms with Gasteiger partial charge in [0.15, 0.2) is 5.15 Å². The first-order valence-electron chi connectivity index (χ1n) is 4.36. The number of aryl methyl sites for hydroxylation is 1. The van der Waals surface area contributed by atoms with Crippen molar-refractivity contribution in [2.45, 2.75) is 19.8 Å². The van der Waals surface area contributed by atoms with Gasteiger partial charge >= 0.3 is 5.97 Å². The molecule has 0 aromatic carbocycles. The maximum Gasteiger partial charge on any atom is 0.306 e. The molecule has 0 aliphatic carbocycles. The van der Waals surface area contributed by atoms with E-state index < -0.39 is 0 Å². The predicted octanol–water partition coefficient (Wildman–Crippen LogP) is 1.63. The minimum absolute atomic E-state index is 0.218. The first kappa shape index (κ1) is 10.9. The van der Waals surface area contributed by atoms with Crippen LogP contribution in [0.3, 0.4) is 0 Å². The molecule has 0 atom stereocenters. The Morgan fingerprint density at radius 3 is 2.86 bits per heavy atom. The Morgan fingerprint density at radius 2 is 2.29 bits per heavy atom. The summed E-state index contributed by atoms with van der Waals surface area (Å²) < 4.78 is 4.77. The summed E-state index contributed by atoms with van der Waals surface area (Å²) in [6, 6.07) is 3.39. The summed E-state index contributed by atoms with van der Waals surface area (Å²) in [6.45, 7) is 2.19. The van der Waals surface area contributed by atoms with Crippen molar-refractivity contribution in [3.8, 4) is 0 Å². The molecule has 1 aromatic rings. The molecule has 0 aliphatic heterocycles. The zero-order valence-electron chi connectivity index (χ0n) is 7.86. The second-order valence-electron chi connectivity index (χ2n) is 2.65. The molecule has 0 spiro atoms. The molecule has 1 aromatic heterocycles. The van der Waals surface area contributed by atoms with E-state index in [2.05, 4.69) is 10.2 Å². The number of carbonyl (C=O) groups excluding carboxylic acids is 1. The van der Waals surface area contributed by atoms with Crippen molar-refractivity contribution in [2.24, 2.45) is 0 Å². The van der Waals surface area contributed by atoms with Gasteiger partial charge in [0.25, 0.3) is 0 Å². The maximum atomic E-state index is 11.0. The van der Waals surface area contributed by atoms with E-state index in [1.54, 1.807) is 19.1 Å². The van der Waals surface area contributed by atoms with Crippen LogP contribution in [0.5, 0.6) is 0 Å². The van der Waals surface area contributed by atoms with Crippen LogP contribution in [0.1, 0.15) is 19.0 Å². The maximum absolute atomic E-state index is 11.0. The van der Waals surface area contributed by atoms with Gasteiger partial charge < -0.3 is 4.74 Å². The third-order valence-electron chi connectivity index (χ3n) is 1.58. The number of hydrogen-bond acceptors (Lipinski definition) is 4. The highest BCUT2D eigenvalue weighted by Gasteiger charge is 2.03. The first-order chi connectivity index (χ1) is 6.72. The highest BCUT2D eigenvalue weighted by molar-refractivity contribution is 6.29. The predicted molar refractivity (Wildman–Crippen MR) is 52.0 cm³/mol. The zero-order valence-corrected chi connectivity index (χ0v) is 8.62. The Balaban J connectivity index is 2.38. The SMILES string of the molecule is CCOC(=O)CCc1ccc(Cl)nn1. The molecule has 1 heterocycles. The fourth-order valence-corrected chi connectivity index (χ4v) is 1.04. The van der Waals surface area contributed by atoms with Gasteiger partial charge in [0, 0.05) is 6.42 Å². The Morgan fingerprint density at radius 1 is 1.50 bits per heavy atom. The average molecular weight is 215 g/mol. The van der Waals surface area contributed by atoms with Crippen LogP contribution in [-0.4, -0.2) is 22.8 Å². The van der Waals surface area contributed by atoms with Crippen molar-refractivity contribution in [1.29, 1.82) is 0 Å². The molecular formula is C9H11ClN2O2. The second kappa shape index (κ2) is 5.54. The van der Waals surface area contributed by atoms with Crippen LogP contribution in [0.15, 0.2) is 12.1 Å². The quantitative estimate of drug-likeness (QED) is 0.715. The lowest BCUT2D eigenvalue weighted by Crippen LogP contribution is -2.06. The van der Waals surface area contributed by atoms with Gasteiger partial charge in [0.1, 0.15) is 0 Å². The van der Waals surface area contributed by atoms with Crippen LogP contribution in [0.2, 0.25) is 5.15 Å². The normalized spacial score (nSPS) is 9.86. The number of hydrogen-bond donors (Lipinski definition) is 0. The van der Waals surface area contributed by atoms with E-state index >= 15 is 0 Å². The molecule has 0 bridgehead atoms. The molecule has 14 heavy (non-hydrogen) atoms. The van der Waals surface area contributed by atoms with Crippen LogP contribution < -0.4 is 0 Å². The number of aromatic nitrogens is 2. The van der Waals surface area contributed by atoms with Crippen LogP contribution in [-0.2, 0) is 16.0 Å². The van der Waals surface area contributed by atoms with Crippen molar-refractivity contribution < 1.29 is 9.53 Å². The van der Waals surface area contributed by atoms with E-state index in [9.17, 15) is 4.79 Å². The van der Waals surface area contributed by atoms with Crippen LogP contribution in [0, 0.1) is 0 Å². The summed E-state index contributed by atoms with van der Waals surface area (Å²) in [5.41, 5.74) is 0.738. The third kappa shape index (κ3) is 3.70. The summed E-state index contributed by atoms with van der Waals surface area (Å²) >= 11 is 5.56. The van der Waals surface area contributed by atoms with Crippen LogP contribution in [0.4, 0.5) is 0 Å². The number of ether oxygens (including phenoxy) is 1. The van der Waals surface area contributed by atoms with Crippen molar-refractivity contribution in [2.75, 3.05) is 6.61 Å². The monoisotopic (exact) mass is 214 g/mol. The second-order valence-corrected chi connectivity index (χ2v) is 3.04. The first-order valence-corrected chi connectivity index (χ1v) is 4.74. The van der Waals surface area contributed by atoms with Gasteiger partial charge in [-0.3, -0.25) is 4.79 Å². The van der Waals surface area contributed by atoms with Crippen molar-refractivity contribution in [3.63, 3.8) is 0 Å². The van der Waals surface area contributed by atoms with Gasteiger partial charge in [0.05, 0.1) is 18.7 Å². The van der Waals surface area contributed by atoms with Crippen molar-refractivity contribution in [3.05, 3.63) is 23.0 Å². The standard InChI is InChI=1S/C9H11ClN2O2/c1-2-14-9(13)6-4-7-3-5-8(10)12-11-7/h3,5H,2,4,6H2,1H3. The smallest absolute Gasteiger partial charge is 0.306 e. The minimum Gasteiger partial charge on any atom is -0.466 e. The van der Waals surface area contributed by atoms with Crippen molar-refractivity contribution in [1.82, 2.24) is 10.2 Å². The van der Waals surface area contributed by atoms with Gasteiger partial charge in [-0.15, -0.1) is 5.10 Å². The Hall–Kier alpha value is -1.16. The molecule has 0 radical (unpaired) electrons. The molecular weight excluding hydrogens is 204 g/mol. The molecule has 4 nitrogen and oxygen atoms in total. The Labute approximate surface area is 87.2 Å². The van der Waals surface area contributed by atoms with E-state index in [4.69, 9.17) is 16.3 Å². The van der Waals surface area contributed by atoms with Gasteiger partial charge in [-0.1, -0.05) is 11.6 Å². The zero-order chi connectivity index (χ0) is 10.4. The number of nitrogens with zero attached hydrogens (tertiary/aromatic N) is 2. The van der Waals surface area contributed by atoms with E-state index in [0.29, 0.717) is 24.6 Å². The van der Waals surface area contributed by atoms with E-state index in [1.807, 2.05) is 0 Å². The molecule has 5 heteroatoms. The van der Waals surface area contributed by atoms with E-state index in [0.717, 1.165) is 5.69 Å². The van der Waals surface area contributed by atoms with Gasteiger partial charge in [-0.25, -0.2) is 0 Å². The summed E-state index contributed by atoms with van der Waals surface area (Å²) in [6.07, 6.45) is 0.854. The largest absolute Gasteiger partial charge is 0.466 e. The summed E-state index contributed by atoms with van der Waals surface area (Å²) in [5, 5.41) is 7.84. The Bertz CT molecular complexity index is 300. The molecule has 0 aliphatic rings. The van der Waals surface area contributed by atoms with E-state index in [1.165, 1.54) is 0 Å². The van der Waals surface area contributed by atoms with E-state index in [-0.39, 0.29) is 5.97 Å². The van der Waals surface area contributed by atoms with Gasteiger partial charge in [-0.05, 0) is 19.1 Å². The molecule has 0 saturated carbocycles. The van der Waals surface area contributed by atoms with Crippen molar-refractivity contribution >= 4 is 17.6 Å². The van der Waals surface area contributed by atoms with Gasteiger partial charge in [0.2, 0.25) is 0 Å². The van der Waals surface area contributed by atoms with Crippen LogP contribution >= 0.6 is 11.6 Å². The fourth-order valence-electron chi connectivity index (χ4n) is 0.940. The topological polar surface area (TPSA) is 52.1 Å². The lowest BCUT2D eigenvalue weighted by atomic mass is 10.2. The Kier molecular flexibility index (Phi) is 4.32. The fraction of sp³-hybridized carbons (Fsp3) is 0.444. The number of esters is 1. The number of carbonyl (C=O) groups is 1. The van der Waals surface area contributed by atoms with Gasteiger partial charge in [-0.2, -0.15) is 5.10 Å². The summed E-state index contributed by atoms with van der Waals surface area (Å²) in [7, 11) is 0. The molecule has 76 valence electrons. The highest BCUT2D eigenvalue weighted by Crippen LogP contribution is 2.04. The molecule has 0 saturated heterocycles. The summed E-state index contributed by atoms with van der Waals surface area (Å²) in [5.74, 6) is -0.218. The number of rotatable bonds is 4. The molecule has 0 unspecified atom stereocenters. The lowest BCUT2D eigenvalue weighted by Gasteiger charge is -2.00. The lowest BCUT2D eigenvalue weighted by molar-refractivity contribution is -0.143. The van der Waals surface area contributed by atoms with Crippen LogP contribution in [0.25, 0.3) is 0 Å². The average Bonchev–Trinajstić information content (AvgIpc) is 2.17.